The molecule has 0 aliphatic heterocycles. The van der Waals surface area contributed by atoms with E-state index in [1.165, 1.54) is 34.9 Å². The molecule has 1 heterocycles. The Morgan fingerprint density at radius 2 is 2.23 bits per heavy atom. The molecule has 0 unspecified atom stereocenters. The van der Waals surface area contributed by atoms with Crippen molar-refractivity contribution < 1.29 is 0 Å². The van der Waals surface area contributed by atoms with Crippen molar-refractivity contribution in [2.75, 3.05) is 0 Å². The lowest BCUT2D eigenvalue weighted by Crippen LogP contribution is -1.82. The van der Waals surface area contributed by atoms with E-state index in [0.29, 0.717) is 0 Å². The van der Waals surface area contributed by atoms with E-state index in [4.69, 9.17) is 0 Å². The fourth-order valence-electron chi connectivity index (χ4n) is 1.91. The Hall–Kier alpha value is -1.31. The number of benzene rings is 1. The van der Waals surface area contributed by atoms with Crippen molar-refractivity contribution in [3.63, 3.8) is 0 Å². The van der Waals surface area contributed by atoms with Gasteiger partial charge in [-0.25, -0.2) is 0 Å². The number of fused-ring (bicyclic) bond motifs is 1. The highest BCUT2D eigenvalue weighted by Gasteiger charge is 2.24. The van der Waals surface area contributed by atoms with Crippen LogP contribution in [0.5, 0.6) is 0 Å². The summed E-state index contributed by atoms with van der Waals surface area (Å²) in [5.74, 6) is 0.825. The van der Waals surface area contributed by atoms with Crippen LogP contribution in [0.4, 0.5) is 0 Å². The minimum atomic E-state index is 0.825. The molecule has 1 aromatic carbocycles. The lowest BCUT2D eigenvalue weighted by Gasteiger charge is -2.01. The molecular weight excluding hydrogens is 160 g/mol. The summed E-state index contributed by atoms with van der Waals surface area (Å²) >= 11 is 0. The zero-order chi connectivity index (χ0) is 8.84. The molecule has 1 N–H and O–H groups in total. The van der Waals surface area contributed by atoms with Crippen LogP contribution >= 0.6 is 0 Å². The quantitative estimate of drug-likeness (QED) is 0.704. The van der Waals surface area contributed by atoms with Gasteiger partial charge in [-0.05, 0) is 42.9 Å². The van der Waals surface area contributed by atoms with Gasteiger partial charge in [-0.3, -0.25) is 5.10 Å². The molecule has 1 saturated carbocycles. The lowest BCUT2D eigenvalue weighted by atomic mass is 10.0. The molecule has 2 aromatic rings. The number of nitrogens with zero attached hydrogens (tertiary/aromatic N) is 1. The van der Waals surface area contributed by atoms with Gasteiger partial charge in [0, 0.05) is 5.39 Å². The first-order valence-corrected chi connectivity index (χ1v) is 4.78. The molecule has 0 saturated heterocycles. The fourth-order valence-corrected chi connectivity index (χ4v) is 1.91. The number of aromatic amines is 1. The Morgan fingerprint density at radius 3 is 3.00 bits per heavy atom. The standard InChI is InChI=1S/C11H12N2/c1-7-4-9(8-2-3-8)5-11-10(7)6-12-13-11/h4-6,8H,2-3H2,1H3,(H,12,13). The second kappa shape index (κ2) is 2.34. The summed E-state index contributed by atoms with van der Waals surface area (Å²) in [6.45, 7) is 2.16. The van der Waals surface area contributed by atoms with Crippen molar-refractivity contribution in [2.24, 2.45) is 0 Å². The predicted molar refractivity (Wildman–Crippen MR) is 52.8 cm³/mol. The van der Waals surface area contributed by atoms with Crippen LogP contribution in [0.1, 0.15) is 29.9 Å². The molecule has 2 heteroatoms. The van der Waals surface area contributed by atoms with Gasteiger partial charge in [0.15, 0.2) is 0 Å². The fraction of sp³-hybridized carbons (Fsp3) is 0.364. The van der Waals surface area contributed by atoms with E-state index in [0.717, 1.165) is 5.92 Å². The molecule has 0 atom stereocenters. The van der Waals surface area contributed by atoms with Crippen LogP contribution in [0.15, 0.2) is 18.3 Å². The van der Waals surface area contributed by atoms with Gasteiger partial charge in [-0.2, -0.15) is 5.10 Å². The van der Waals surface area contributed by atoms with E-state index < -0.39 is 0 Å². The third-order valence-electron chi connectivity index (χ3n) is 2.84. The monoisotopic (exact) mass is 172 g/mol. The molecule has 0 spiro atoms. The van der Waals surface area contributed by atoms with Crippen LogP contribution < -0.4 is 0 Å². The minimum absolute atomic E-state index is 0.825. The van der Waals surface area contributed by atoms with Gasteiger partial charge in [-0.15, -0.1) is 0 Å². The maximum absolute atomic E-state index is 4.06. The summed E-state index contributed by atoms with van der Waals surface area (Å²) in [7, 11) is 0. The molecule has 13 heavy (non-hydrogen) atoms. The topological polar surface area (TPSA) is 28.7 Å². The van der Waals surface area contributed by atoms with Gasteiger partial charge >= 0.3 is 0 Å². The highest BCUT2D eigenvalue weighted by Crippen LogP contribution is 2.41. The predicted octanol–water partition coefficient (Wildman–Crippen LogP) is 2.75. The Kier molecular flexibility index (Phi) is 1.29. The molecule has 66 valence electrons. The summed E-state index contributed by atoms with van der Waals surface area (Å²) in [6, 6.07) is 4.54. The minimum Gasteiger partial charge on any atom is -0.278 e. The molecule has 0 amide bonds. The van der Waals surface area contributed by atoms with Crippen molar-refractivity contribution in [2.45, 2.75) is 25.7 Å². The Balaban J connectivity index is 2.27. The summed E-state index contributed by atoms with van der Waals surface area (Å²) in [5.41, 5.74) is 4.00. The zero-order valence-electron chi connectivity index (χ0n) is 7.67. The van der Waals surface area contributed by atoms with Crippen molar-refractivity contribution in [3.8, 4) is 0 Å². The summed E-state index contributed by atoms with van der Waals surface area (Å²) in [5, 5.41) is 8.35. The van der Waals surface area contributed by atoms with Crippen LogP contribution in [0, 0.1) is 6.92 Å². The molecule has 1 aliphatic rings. The molecule has 1 aliphatic carbocycles. The number of rotatable bonds is 1. The highest BCUT2D eigenvalue weighted by atomic mass is 15.1. The molecule has 1 aromatic heterocycles. The maximum Gasteiger partial charge on any atom is 0.0655 e. The summed E-state index contributed by atoms with van der Waals surface area (Å²) in [6.07, 6.45) is 4.62. The number of nitrogens with one attached hydrogen (secondary N) is 1. The van der Waals surface area contributed by atoms with E-state index in [-0.39, 0.29) is 0 Å². The Bertz CT molecular complexity index is 452. The number of aromatic nitrogens is 2. The highest BCUT2D eigenvalue weighted by molar-refractivity contribution is 5.82. The van der Waals surface area contributed by atoms with E-state index in [2.05, 4.69) is 29.3 Å². The van der Waals surface area contributed by atoms with Crippen molar-refractivity contribution >= 4 is 10.9 Å². The van der Waals surface area contributed by atoms with Crippen molar-refractivity contribution in [3.05, 3.63) is 29.5 Å². The largest absolute Gasteiger partial charge is 0.278 e. The normalized spacial score (nSPS) is 16.7. The first kappa shape index (κ1) is 7.13. The Labute approximate surface area is 77.0 Å². The number of aryl methyl sites for hydroxylation is 1. The number of hydrogen-bond acceptors (Lipinski definition) is 1. The third kappa shape index (κ3) is 1.05. The van der Waals surface area contributed by atoms with Gasteiger partial charge in [0.05, 0.1) is 11.7 Å². The van der Waals surface area contributed by atoms with Gasteiger partial charge in [-0.1, -0.05) is 6.07 Å². The number of hydrogen-bond donors (Lipinski definition) is 1. The average Bonchev–Trinajstić information content (AvgIpc) is 2.85. The average molecular weight is 172 g/mol. The van der Waals surface area contributed by atoms with Gasteiger partial charge in [0.25, 0.3) is 0 Å². The van der Waals surface area contributed by atoms with E-state index in [1.54, 1.807) is 0 Å². The zero-order valence-corrected chi connectivity index (χ0v) is 7.67. The second-order valence-electron chi connectivity index (χ2n) is 3.94. The first-order valence-electron chi connectivity index (χ1n) is 4.78. The van der Waals surface area contributed by atoms with E-state index >= 15 is 0 Å². The Morgan fingerprint density at radius 1 is 1.38 bits per heavy atom. The van der Waals surface area contributed by atoms with Gasteiger partial charge < -0.3 is 0 Å². The van der Waals surface area contributed by atoms with E-state index in [1.807, 2.05) is 6.20 Å². The molecular formula is C11H12N2. The van der Waals surface area contributed by atoms with Gasteiger partial charge in [0.1, 0.15) is 0 Å². The molecule has 0 bridgehead atoms. The number of H-pyrrole nitrogens is 1. The van der Waals surface area contributed by atoms with Crippen LogP contribution in [0.3, 0.4) is 0 Å². The second-order valence-corrected chi connectivity index (χ2v) is 3.94. The van der Waals surface area contributed by atoms with E-state index in [9.17, 15) is 0 Å². The van der Waals surface area contributed by atoms with Crippen molar-refractivity contribution in [1.82, 2.24) is 10.2 Å². The molecule has 1 fully saturated rings. The summed E-state index contributed by atoms with van der Waals surface area (Å²) in [4.78, 5) is 0. The van der Waals surface area contributed by atoms with Crippen LogP contribution in [-0.2, 0) is 0 Å². The van der Waals surface area contributed by atoms with Crippen LogP contribution in [-0.4, -0.2) is 10.2 Å². The first-order chi connectivity index (χ1) is 6.34. The molecule has 3 rings (SSSR count). The molecule has 0 radical (unpaired) electrons. The SMILES string of the molecule is Cc1cc(C2CC2)cc2[nH]ncc12. The third-order valence-corrected chi connectivity index (χ3v) is 2.84. The van der Waals surface area contributed by atoms with Gasteiger partial charge in [0.2, 0.25) is 0 Å². The van der Waals surface area contributed by atoms with Crippen molar-refractivity contribution in [1.29, 1.82) is 0 Å². The smallest absolute Gasteiger partial charge is 0.0655 e. The summed E-state index contributed by atoms with van der Waals surface area (Å²) < 4.78 is 0. The lowest BCUT2D eigenvalue weighted by molar-refractivity contribution is 1.10. The molecule has 2 nitrogen and oxygen atoms in total. The van der Waals surface area contributed by atoms with Crippen LogP contribution in [0.2, 0.25) is 0 Å². The van der Waals surface area contributed by atoms with Crippen LogP contribution in [0.25, 0.3) is 10.9 Å². The maximum atomic E-state index is 4.06.